The molecule has 0 N–H and O–H groups in total. The van der Waals surface area contributed by atoms with Gasteiger partial charge < -0.3 is 9.47 Å². The Balaban J connectivity index is 2.22. The third-order valence-corrected chi connectivity index (χ3v) is 4.15. The van der Waals surface area contributed by atoms with Crippen molar-refractivity contribution in [2.45, 2.75) is 26.2 Å². The van der Waals surface area contributed by atoms with E-state index < -0.39 is 9.05 Å². The number of hydrogen-bond acceptors (Lipinski definition) is 4. The molecule has 114 valence electrons. The second-order valence-electron chi connectivity index (χ2n) is 4.58. The summed E-state index contributed by atoms with van der Waals surface area (Å²) in [6, 6.07) is 7.99. The maximum atomic E-state index is 10.7. The third-order valence-electron chi connectivity index (χ3n) is 3.03. The summed E-state index contributed by atoms with van der Waals surface area (Å²) in [4.78, 5) is 0. The van der Waals surface area contributed by atoms with Gasteiger partial charge in [0.15, 0.2) is 0 Å². The highest BCUT2D eigenvalue weighted by Gasteiger charge is 2.05. The van der Waals surface area contributed by atoms with Gasteiger partial charge in [0.05, 0.1) is 19.0 Å². The van der Waals surface area contributed by atoms with Gasteiger partial charge in [0.1, 0.15) is 12.4 Å². The Kier molecular flexibility index (Phi) is 7.34. The molecule has 0 saturated heterocycles. The lowest BCUT2D eigenvalue weighted by molar-refractivity contribution is 0.111. The fraction of sp³-hybridized carbons (Fsp3) is 0.571. The number of benzene rings is 1. The molecule has 0 aliphatic rings. The normalized spacial score (nSPS) is 13.2. The first-order chi connectivity index (χ1) is 9.42. The molecule has 0 spiro atoms. The van der Waals surface area contributed by atoms with Crippen molar-refractivity contribution in [3.8, 4) is 5.75 Å². The van der Waals surface area contributed by atoms with E-state index in [9.17, 15) is 8.42 Å². The van der Waals surface area contributed by atoms with E-state index in [0.717, 1.165) is 12.2 Å². The van der Waals surface area contributed by atoms with Gasteiger partial charge in [-0.2, -0.15) is 0 Å². The maximum Gasteiger partial charge on any atom is 0.234 e. The molecular weight excluding hydrogens is 300 g/mol. The van der Waals surface area contributed by atoms with Crippen LogP contribution < -0.4 is 4.74 Å². The van der Waals surface area contributed by atoms with Crippen molar-refractivity contribution in [3.63, 3.8) is 0 Å². The standard InChI is InChI=1S/C14H21ClO4S/c1-3-12(2)13-4-6-14(7-5-13)19-9-8-18-10-11-20(15,16)17/h4-7,12H,3,8-11H2,1-2H3. The van der Waals surface area contributed by atoms with Crippen LogP contribution in [0.1, 0.15) is 31.7 Å². The lowest BCUT2D eigenvalue weighted by Gasteiger charge is -2.10. The Labute approximate surface area is 125 Å². The van der Waals surface area contributed by atoms with Gasteiger partial charge in [-0.15, -0.1) is 0 Å². The van der Waals surface area contributed by atoms with Crippen LogP contribution in [-0.2, 0) is 13.8 Å². The average molecular weight is 321 g/mol. The summed E-state index contributed by atoms with van der Waals surface area (Å²) < 4.78 is 31.9. The van der Waals surface area contributed by atoms with Crippen LogP contribution >= 0.6 is 10.7 Å². The summed E-state index contributed by atoms with van der Waals surface area (Å²) in [5, 5.41) is 0. The molecule has 0 aliphatic heterocycles. The van der Waals surface area contributed by atoms with Crippen LogP contribution in [0.5, 0.6) is 5.75 Å². The van der Waals surface area contributed by atoms with E-state index in [-0.39, 0.29) is 12.4 Å². The van der Waals surface area contributed by atoms with Crippen LogP contribution in [0.15, 0.2) is 24.3 Å². The van der Waals surface area contributed by atoms with E-state index >= 15 is 0 Å². The van der Waals surface area contributed by atoms with Gasteiger partial charge in [-0.1, -0.05) is 26.0 Å². The molecule has 0 heterocycles. The van der Waals surface area contributed by atoms with Crippen molar-refractivity contribution in [2.75, 3.05) is 25.6 Å². The molecule has 0 bridgehead atoms. The molecule has 0 fully saturated rings. The Bertz CT molecular complexity index is 484. The zero-order chi connectivity index (χ0) is 15.0. The van der Waals surface area contributed by atoms with Crippen LogP contribution in [-0.4, -0.2) is 34.0 Å². The van der Waals surface area contributed by atoms with E-state index in [2.05, 4.69) is 26.0 Å². The fourth-order valence-corrected chi connectivity index (χ4v) is 2.11. The summed E-state index contributed by atoms with van der Waals surface area (Å²) in [6.07, 6.45) is 1.11. The molecule has 0 aliphatic carbocycles. The van der Waals surface area contributed by atoms with Gasteiger partial charge in [-0.05, 0) is 30.0 Å². The van der Waals surface area contributed by atoms with Crippen molar-refractivity contribution in [3.05, 3.63) is 29.8 Å². The molecule has 0 aromatic heterocycles. The van der Waals surface area contributed by atoms with Gasteiger partial charge in [0, 0.05) is 10.7 Å². The molecule has 1 rings (SSSR count). The van der Waals surface area contributed by atoms with Crippen LogP contribution in [0.3, 0.4) is 0 Å². The minimum absolute atomic E-state index is 0.0855. The third kappa shape index (κ3) is 7.12. The van der Waals surface area contributed by atoms with Gasteiger partial charge >= 0.3 is 0 Å². The largest absolute Gasteiger partial charge is 0.491 e. The molecule has 4 nitrogen and oxygen atoms in total. The van der Waals surface area contributed by atoms with E-state index in [1.807, 2.05) is 12.1 Å². The van der Waals surface area contributed by atoms with E-state index in [0.29, 0.717) is 19.1 Å². The van der Waals surface area contributed by atoms with Gasteiger partial charge in [-0.25, -0.2) is 8.42 Å². The first-order valence-electron chi connectivity index (χ1n) is 6.65. The highest BCUT2D eigenvalue weighted by atomic mass is 35.7. The number of ether oxygens (including phenoxy) is 2. The lowest BCUT2D eigenvalue weighted by Crippen LogP contribution is -2.12. The second-order valence-corrected chi connectivity index (χ2v) is 7.48. The average Bonchev–Trinajstić information content (AvgIpc) is 2.41. The smallest absolute Gasteiger partial charge is 0.234 e. The molecule has 1 unspecified atom stereocenters. The van der Waals surface area contributed by atoms with Gasteiger partial charge in [-0.3, -0.25) is 0 Å². The summed E-state index contributed by atoms with van der Waals surface area (Å²) in [7, 11) is 1.58. The first kappa shape index (κ1) is 17.3. The van der Waals surface area contributed by atoms with E-state index in [1.165, 1.54) is 5.56 Å². The Hall–Kier alpha value is -0.780. The summed E-state index contributed by atoms with van der Waals surface area (Å²) >= 11 is 0. The zero-order valence-corrected chi connectivity index (χ0v) is 13.4. The molecule has 1 atom stereocenters. The van der Waals surface area contributed by atoms with Crippen molar-refractivity contribution < 1.29 is 17.9 Å². The quantitative estimate of drug-likeness (QED) is 0.518. The number of rotatable bonds is 9. The lowest BCUT2D eigenvalue weighted by atomic mass is 9.99. The molecule has 1 aromatic rings. The molecule has 1 aromatic carbocycles. The zero-order valence-electron chi connectivity index (χ0n) is 11.8. The summed E-state index contributed by atoms with van der Waals surface area (Å²) in [5.74, 6) is 1.15. The summed E-state index contributed by atoms with van der Waals surface area (Å²) in [6.45, 7) is 5.15. The van der Waals surface area contributed by atoms with Crippen LogP contribution in [0.2, 0.25) is 0 Å². The van der Waals surface area contributed by atoms with Gasteiger partial charge in [0.25, 0.3) is 0 Å². The van der Waals surface area contributed by atoms with Crippen molar-refractivity contribution in [2.24, 2.45) is 0 Å². The van der Waals surface area contributed by atoms with E-state index in [4.69, 9.17) is 20.2 Å². The van der Waals surface area contributed by atoms with Crippen molar-refractivity contribution >= 4 is 19.7 Å². The van der Waals surface area contributed by atoms with Gasteiger partial charge in [0.2, 0.25) is 9.05 Å². The first-order valence-corrected chi connectivity index (χ1v) is 9.13. The minimum atomic E-state index is -3.47. The molecule has 0 saturated carbocycles. The van der Waals surface area contributed by atoms with Crippen LogP contribution in [0.25, 0.3) is 0 Å². The minimum Gasteiger partial charge on any atom is -0.491 e. The fourth-order valence-electron chi connectivity index (χ4n) is 1.61. The SMILES string of the molecule is CCC(C)c1ccc(OCCOCCS(=O)(=O)Cl)cc1. The van der Waals surface area contributed by atoms with Crippen molar-refractivity contribution in [1.29, 1.82) is 0 Å². The Morgan fingerprint density at radius 2 is 1.80 bits per heavy atom. The highest BCUT2D eigenvalue weighted by Crippen LogP contribution is 2.21. The number of halogens is 1. The maximum absolute atomic E-state index is 10.7. The molecule has 0 amide bonds. The monoisotopic (exact) mass is 320 g/mol. The predicted octanol–water partition coefficient (Wildman–Crippen LogP) is 3.16. The highest BCUT2D eigenvalue weighted by molar-refractivity contribution is 8.13. The van der Waals surface area contributed by atoms with Crippen LogP contribution in [0.4, 0.5) is 0 Å². The topological polar surface area (TPSA) is 52.6 Å². The molecule has 20 heavy (non-hydrogen) atoms. The predicted molar refractivity (Wildman–Crippen MR) is 81.1 cm³/mol. The Morgan fingerprint density at radius 3 is 2.35 bits per heavy atom. The molecule has 0 radical (unpaired) electrons. The molecular formula is C14H21ClO4S. The van der Waals surface area contributed by atoms with E-state index in [1.54, 1.807) is 0 Å². The van der Waals surface area contributed by atoms with Crippen LogP contribution in [0, 0.1) is 0 Å². The molecule has 6 heteroatoms. The summed E-state index contributed by atoms with van der Waals surface area (Å²) in [5.41, 5.74) is 1.29. The second kappa shape index (κ2) is 8.49. The number of hydrogen-bond donors (Lipinski definition) is 0. The van der Waals surface area contributed by atoms with Crippen molar-refractivity contribution in [1.82, 2.24) is 0 Å². The Morgan fingerprint density at radius 1 is 1.15 bits per heavy atom.